The van der Waals surface area contributed by atoms with E-state index in [1.165, 1.54) is 24.3 Å². The molecule has 0 amide bonds. The molecule has 3 aromatic carbocycles. The second kappa shape index (κ2) is 11.4. The summed E-state index contributed by atoms with van der Waals surface area (Å²) in [6.07, 6.45) is -5.39. The Hall–Kier alpha value is -4.33. The van der Waals surface area contributed by atoms with Crippen molar-refractivity contribution in [2.75, 3.05) is 0 Å². The van der Waals surface area contributed by atoms with Crippen LogP contribution in [-0.2, 0) is 16.4 Å². The summed E-state index contributed by atoms with van der Waals surface area (Å²) in [7, 11) is -4.02. The van der Waals surface area contributed by atoms with Gasteiger partial charge in [0.15, 0.2) is 11.4 Å². The molecule has 5 N–H and O–H groups in total. The quantitative estimate of drug-likeness (QED) is 0.235. The van der Waals surface area contributed by atoms with E-state index in [2.05, 4.69) is 9.98 Å². The van der Waals surface area contributed by atoms with Crippen LogP contribution in [0, 0.1) is 0 Å². The number of nitrogens with two attached hydrogens (primary N) is 2. The highest BCUT2D eigenvalue weighted by molar-refractivity contribution is 7.89. The Bertz CT molecular complexity index is 1710. The summed E-state index contributed by atoms with van der Waals surface area (Å²) in [4.78, 5) is 18.4. The van der Waals surface area contributed by atoms with E-state index in [0.717, 1.165) is 16.5 Å². The number of rotatable bonds is 8. The number of thiazole rings is 1. The number of benzene rings is 3. The molecule has 1 aromatic heterocycles. The molecule has 8 nitrogen and oxygen atoms in total. The number of sulfonamides is 1. The summed E-state index contributed by atoms with van der Waals surface area (Å²) in [6, 6.07) is 20.8. The first-order chi connectivity index (χ1) is 18.8. The molecule has 0 saturated carbocycles. The minimum Gasteiger partial charge on any atom is -0.476 e. The lowest BCUT2D eigenvalue weighted by atomic mass is 9.94. The normalized spacial score (nSPS) is 13.2. The number of carboxylic acid groups (broad SMARTS) is 1. The standard InChI is InChI=1S/C27H21F3N4O4S2/c28-27(29,30)24(34-26-33-22(15-39-26)25(35)36)21(13-16-9-11-20(12-10-16)40(32,37)38)23(31)19-8-4-7-18(14-19)17-5-2-1-3-6-17/h1-12,14-15H,13,31H2,(H,35,36)(H2,32,37,38). The van der Waals surface area contributed by atoms with Gasteiger partial charge in [-0.1, -0.05) is 60.7 Å². The number of allylic oxidation sites excluding steroid dienone is 1. The highest BCUT2D eigenvalue weighted by atomic mass is 32.2. The fraction of sp³-hybridized carbons (Fsp3) is 0.0741. The first-order valence-electron chi connectivity index (χ1n) is 11.4. The van der Waals surface area contributed by atoms with Gasteiger partial charge in [-0.05, 0) is 40.5 Å². The molecule has 40 heavy (non-hydrogen) atoms. The van der Waals surface area contributed by atoms with E-state index < -0.39 is 44.3 Å². The largest absolute Gasteiger partial charge is 0.476 e. The highest BCUT2D eigenvalue weighted by Gasteiger charge is 2.39. The summed E-state index contributed by atoms with van der Waals surface area (Å²) in [5, 5.41) is 14.9. The number of alkyl halides is 3. The Morgan fingerprint density at radius 1 is 0.975 bits per heavy atom. The van der Waals surface area contributed by atoms with E-state index in [-0.39, 0.29) is 17.0 Å². The van der Waals surface area contributed by atoms with E-state index >= 15 is 0 Å². The van der Waals surface area contributed by atoms with Crippen molar-refractivity contribution < 1.29 is 31.5 Å². The molecule has 4 aromatic rings. The predicted molar refractivity (Wildman–Crippen MR) is 147 cm³/mol. The minimum atomic E-state index is -5.01. The van der Waals surface area contributed by atoms with Crippen LogP contribution in [0.4, 0.5) is 18.3 Å². The first-order valence-corrected chi connectivity index (χ1v) is 13.9. The Morgan fingerprint density at radius 3 is 2.20 bits per heavy atom. The molecule has 13 heteroatoms. The molecule has 0 aliphatic carbocycles. The number of aromatic carboxylic acids is 1. The molecule has 1 heterocycles. The zero-order valence-corrected chi connectivity index (χ0v) is 22.1. The third-order valence-corrected chi connectivity index (χ3v) is 7.38. The van der Waals surface area contributed by atoms with Crippen molar-refractivity contribution in [1.82, 2.24) is 4.98 Å². The van der Waals surface area contributed by atoms with Gasteiger partial charge in [0.1, 0.15) is 0 Å². The van der Waals surface area contributed by atoms with Crippen LogP contribution < -0.4 is 10.9 Å². The maximum absolute atomic E-state index is 14.5. The average Bonchev–Trinajstić information content (AvgIpc) is 3.39. The summed E-state index contributed by atoms with van der Waals surface area (Å²) >= 11 is 0.635. The lowest BCUT2D eigenvalue weighted by Crippen LogP contribution is -2.28. The second-order valence-corrected chi connectivity index (χ2v) is 10.9. The van der Waals surface area contributed by atoms with E-state index in [1.807, 2.05) is 30.3 Å². The van der Waals surface area contributed by atoms with Gasteiger partial charge < -0.3 is 10.8 Å². The number of aromatic nitrogens is 1. The fourth-order valence-electron chi connectivity index (χ4n) is 3.79. The van der Waals surface area contributed by atoms with Gasteiger partial charge in [0, 0.05) is 23.1 Å². The maximum atomic E-state index is 14.5. The molecule has 4 rings (SSSR count). The SMILES string of the molecule is NC(=C(Cc1ccc(S(N)(=O)=O)cc1)C(=Nc1nc(C(=O)O)cs1)C(F)(F)F)c1cccc(-c2ccccc2)c1. The van der Waals surface area contributed by atoms with Crippen molar-refractivity contribution in [2.24, 2.45) is 15.9 Å². The third kappa shape index (κ3) is 6.81. The van der Waals surface area contributed by atoms with Crippen LogP contribution in [-0.4, -0.2) is 36.4 Å². The van der Waals surface area contributed by atoms with Crippen LogP contribution in [0.1, 0.15) is 21.6 Å². The lowest BCUT2D eigenvalue weighted by molar-refractivity contribution is -0.0582. The Labute approximate surface area is 231 Å². The van der Waals surface area contributed by atoms with Gasteiger partial charge in [-0.3, -0.25) is 0 Å². The molecule has 0 saturated heterocycles. The third-order valence-electron chi connectivity index (χ3n) is 5.71. The molecule has 206 valence electrons. The van der Waals surface area contributed by atoms with Crippen LogP contribution in [0.25, 0.3) is 16.8 Å². The van der Waals surface area contributed by atoms with Crippen LogP contribution in [0.2, 0.25) is 0 Å². The molecule has 0 atom stereocenters. The van der Waals surface area contributed by atoms with Crippen LogP contribution in [0.5, 0.6) is 0 Å². The first kappa shape index (κ1) is 28.7. The monoisotopic (exact) mass is 586 g/mol. The number of nitrogens with zero attached hydrogens (tertiary/aromatic N) is 2. The van der Waals surface area contributed by atoms with Gasteiger partial charge in [-0.25, -0.2) is 28.3 Å². The zero-order chi connectivity index (χ0) is 29.1. The van der Waals surface area contributed by atoms with Gasteiger partial charge in [0.25, 0.3) is 0 Å². The van der Waals surface area contributed by atoms with Crippen molar-refractivity contribution in [3.05, 3.63) is 107 Å². The van der Waals surface area contributed by atoms with E-state index in [9.17, 15) is 26.4 Å². The molecule has 0 radical (unpaired) electrons. The predicted octanol–water partition coefficient (Wildman–Crippen LogP) is 5.40. The van der Waals surface area contributed by atoms with Crippen LogP contribution >= 0.6 is 11.3 Å². The molecule has 0 bridgehead atoms. The highest BCUT2D eigenvalue weighted by Crippen LogP contribution is 2.33. The minimum absolute atomic E-state index is 0.209. The van der Waals surface area contributed by atoms with Gasteiger partial charge >= 0.3 is 12.1 Å². The van der Waals surface area contributed by atoms with Gasteiger partial charge in [0.05, 0.1) is 4.90 Å². The van der Waals surface area contributed by atoms with Crippen molar-refractivity contribution >= 4 is 43.9 Å². The lowest BCUT2D eigenvalue weighted by Gasteiger charge is -2.18. The molecule has 0 aliphatic heterocycles. The van der Waals surface area contributed by atoms with Crippen molar-refractivity contribution in [1.29, 1.82) is 0 Å². The molecule has 0 spiro atoms. The Kier molecular flexibility index (Phi) is 8.18. The van der Waals surface area contributed by atoms with Crippen LogP contribution in [0.15, 0.2) is 99.7 Å². The fourth-order valence-corrected chi connectivity index (χ4v) is 4.97. The molecule has 0 unspecified atom stereocenters. The number of hydrogen-bond acceptors (Lipinski definition) is 7. The maximum Gasteiger partial charge on any atom is 0.433 e. The number of hydrogen-bond donors (Lipinski definition) is 3. The zero-order valence-electron chi connectivity index (χ0n) is 20.5. The molecule has 0 fully saturated rings. The Morgan fingerprint density at radius 2 is 1.62 bits per heavy atom. The summed E-state index contributed by atoms with van der Waals surface area (Å²) in [6.45, 7) is 0. The average molecular weight is 587 g/mol. The van der Waals surface area contributed by atoms with Crippen molar-refractivity contribution in [3.63, 3.8) is 0 Å². The Balaban J connectivity index is 1.90. The number of carbonyl (C=O) groups is 1. The van der Waals surface area contributed by atoms with Gasteiger partial charge in [-0.15, -0.1) is 11.3 Å². The number of primary sulfonamides is 1. The molecular weight excluding hydrogens is 565 g/mol. The number of aliphatic imine (C=N–C) groups is 1. The van der Waals surface area contributed by atoms with Crippen molar-refractivity contribution in [3.8, 4) is 11.1 Å². The van der Waals surface area contributed by atoms with Gasteiger partial charge in [0.2, 0.25) is 15.2 Å². The molecule has 0 aliphatic rings. The topological polar surface area (TPSA) is 149 Å². The van der Waals surface area contributed by atoms with Gasteiger partial charge in [-0.2, -0.15) is 13.2 Å². The van der Waals surface area contributed by atoms with E-state index in [4.69, 9.17) is 16.0 Å². The summed E-state index contributed by atoms with van der Waals surface area (Å²) in [5.74, 6) is -1.41. The molecular formula is C27H21F3N4O4S2. The second-order valence-electron chi connectivity index (χ2n) is 8.48. The smallest absolute Gasteiger partial charge is 0.433 e. The van der Waals surface area contributed by atoms with E-state index in [0.29, 0.717) is 22.5 Å². The van der Waals surface area contributed by atoms with Crippen LogP contribution in [0.3, 0.4) is 0 Å². The summed E-state index contributed by atoms with van der Waals surface area (Å²) in [5.41, 5.74) is 6.10. The summed E-state index contributed by atoms with van der Waals surface area (Å²) < 4.78 is 66.8. The van der Waals surface area contributed by atoms with Crippen molar-refractivity contribution in [2.45, 2.75) is 17.5 Å². The van der Waals surface area contributed by atoms with E-state index in [1.54, 1.807) is 24.3 Å². The number of halogens is 3. The number of carboxylic acids is 1.